The van der Waals surface area contributed by atoms with Crippen LogP contribution in [0.1, 0.15) is 38.1 Å². The molecule has 0 aliphatic heterocycles. The summed E-state index contributed by atoms with van der Waals surface area (Å²) in [5.41, 5.74) is 3.20. The van der Waals surface area contributed by atoms with E-state index in [1.165, 1.54) is 0 Å². The van der Waals surface area contributed by atoms with Crippen molar-refractivity contribution in [3.8, 4) is 0 Å². The number of aliphatic hydroxyl groups excluding tert-OH is 1. The van der Waals surface area contributed by atoms with Gasteiger partial charge in [-0.05, 0) is 45.4 Å². The number of fused-ring (bicyclic) bond motifs is 1. The second kappa shape index (κ2) is 4.75. The molecule has 0 amide bonds. The summed E-state index contributed by atoms with van der Waals surface area (Å²) in [6.45, 7) is 8.89. The van der Waals surface area contributed by atoms with Gasteiger partial charge in [0, 0.05) is 28.7 Å². The fraction of sp³-hybridized carbons (Fsp3) is 0.467. The lowest BCUT2D eigenvalue weighted by atomic mass is 10.0. The van der Waals surface area contributed by atoms with Crippen LogP contribution in [0, 0.1) is 6.92 Å². The number of β-amino-alcohol motifs (C(OH)–C–C–N with tert-alkyl or cyclic N) is 1. The highest BCUT2D eigenvalue weighted by atomic mass is 16.3. The first kappa shape index (κ1) is 13.1. The molecule has 0 radical (unpaired) electrons. The maximum Gasteiger partial charge on any atom is 0.0921 e. The van der Waals surface area contributed by atoms with Crippen molar-refractivity contribution < 1.29 is 5.11 Å². The molecule has 0 bridgehead atoms. The lowest BCUT2D eigenvalue weighted by Crippen LogP contribution is -2.38. The topological polar surface area (TPSA) is 48.0 Å². The molecule has 0 saturated heterocycles. The molecule has 0 aliphatic carbocycles. The second-order valence-electron chi connectivity index (χ2n) is 5.91. The van der Waals surface area contributed by atoms with E-state index in [0.29, 0.717) is 6.54 Å². The number of rotatable bonds is 3. The third-order valence-electron chi connectivity index (χ3n) is 3.02. The number of aromatic amines is 1. The zero-order valence-electron chi connectivity index (χ0n) is 11.5. The van der Waals surface area contributed by atoms with E-state index in [1.54, 1.807) is 0 Å². The van der Waals surface area contributed by atoms with Gasteiger partial charge in [-0.1, -0.05) is 12.1 Å². The van der Waals surface area contributed by atoms with Gasteiger partial charge in [-0.25, -0.2) is 0 Å². The fourth-order valence-corrected chi connectivity index (χ4v) is 2.12. The molecule has 3 heteroatoms. The van der Waals surface area contributed by atoms with E-state index in [9.17, 15) is 5.11 Å². The molecule has 3 N–H and O–H groups in total. The zero-order chi connectivity index (χ0) is 13.3. The predicted octanol–water partition coefficient (Wildman–Crippen LogP) is 2.90. The van der Waals surface area contributed by atoms with Gasteiger partial charge >= 0.3 is 0 Å². The lowest BCUT2D eigenvalue weighted by molar-refractivity contribution is 0.164. The number of nitrogens with one attached hydrogen (secondary N) is 2. The minimum Gasteiger partial charge on any atom is -0.387 e. The van der Waals surface area contributed by atoms with Crippen LogP contribution in [0.5, 0.6) is 0 Å². The van der Waals surface area contributed by atoms with E-state index in [1.807, 2.05) is 25.1 Å². The number of aryl methyl sites for hydroxylation is 1. The van der Waals surface area contributed by atoms with Crippen LogP contribution in [-0.4, -0.2) is 22.2 Å². The Morgan fingerprint density at radius 3 is 2.72 bits per heavy atom. The van der Waals surface area contributed by atoms with Crippen molar-refractivity contribution in [3.05, 3.63) is 35.5 Å². The normalized spacial score (nSPS) is 14.1. The minimum absolute atomic E-state index is 0.0168. The minimum atomic E-state index is -0.483. The molecule has 1 aromatic heterocycles. The Hall–Kier alpha value is -1.32. The Kier molecular flexibility index (Phi) is 3.46. The van der Waals surface area contributed by atoms with E-state index in [-0.39, 0.29) is 5.54 Å². The van der Waals surface area contributed by atoms with Crippen molar-refractivity contribution in [2.24, 2.45) is 0 Å². The number of aromatic nitrogens is 1. The first-order valence-corrected chi connectivity index (χ1v) is 6.38. The Morgan fingerprint density at radius 1 is 1.33 bits per heavy atom. The molecule has 1 aromatic carbocycles. The summed E-state index contributed by atoms with van der Waals surface area (Å²) < 4.78 is 0. The quantitative estimate of drug-likeness (QED) is 0.780. The SMILES string of the molecule is Cc1cc2c([C@@H](O)CNC(C)(C)C)cccc2[nH]1. The van der Waals surface area contributed by atoms with Crippen LogP contribution in [0.25, 0.3) is 10.9 Å². The van der Waals surface area contributed by atoms with Crippen molar-refractivity contribution in [1.29, 1.82) is 0 Å². The van der Waals surface area contributed by atoms with E-state index < -0.39 is 6.10 Å². The molecule has 0 fully saturated rings. The predicted molar refractivity (Wildman–Crippen MR) is 75.8 cm³/mol. The molecular formula is C15H22N2O. The first-order chi connectivity index (χ1) is 8.37. The standard InChI is InChI=1S/C15H22N2O/c1-10-8-12-11(6-5-7-13(12)17-10)14(18)9-16-15(2,3)4/h5-8,14,16-18H,9H2,1-4H3/t14-/m0/s1. The lowest BCUT2D eigenvalue weighted by Gasteiger charge is -2.23. The maximum atomic E-state index is 10.3. The van der Waals surface area contributed by atoms with E-state index in [4.69, 9.17) is 0 Å². The molecule has 3 nitrogen and oxygen atoms in total. The highest BCUT2D eigenvalue weighted by Gasteiger charge is 2.15. The van der Waals surface area contributed by atoms with Crippen LogP contribution >= 0.6 is 0 Å². The number of benzene rings is 1. The van der Waals surface area contributed by atoms with E-state index >= 15 is 0 Å². The molecule has 98 valence electrons. The van der Waals surface area contributed by atoms with Gasteiger partial charge in [0.25, 0.3) is 0 Å². The number of hydrogen-bond acceptors (Lipinski definition) is 2. The molecule has 1 atom stereocenters. The summed E-state index contributed by atoms with van der Waals surface area (Å²) in [5, 5.41) is 14.8. The number of H-pyrrole nitrogens is 1. The Morgan fingerprint density at radius 2 is 2.06 bits per heavy atom. The first-order valence-electron chi connectivity index (χ1n) is 6.38. The van der Waals surface area contributed by atoms with Gasteiger partial charge in [-0.15, -0.1) is 0 Å². The van der Waals surface area contributed by atoms with Crippen molar-refractivity contribution in [2.45, 2.75) is 39.3 Å². The van der Waals surface area contributed by atoms with Crippen LogP contribution in [0.15, 0.2) is 24.3 Å². The van der Waals surface area contributed by atoms with Gasteiger partial charge in [0.15, 0.2) is 0 Å². The van der Waals surface area contributed by atoms with E-state index in [0.717, 1.165) is 22.2 Å². The average molecular weight is 246 g/mol. The maximum absolute atomic E-state index is 10.3. The van der Waals surface area contributed by atoms with Gasteiger partial charge in [-0.2, -0.15) is 0 Å². The molecule has 0 saturated carbocycles. The molecule has 0 unspecified atom stereocenters. The highest BCUT2D eigenvalue weighted by molar-refractivity contribution is 5.84. The van der Waals surface area contributed by atoms with Gasteiger partial charge in [-0.3, -0.25) is 0 Å². The molecule has 1 heterocycles. The molecular weight excluding hydrogens is 224 g/mol. The molecule has 2 aromatic rings. The van der Waals surface area contributed by atoms with Gasteiger partial charge < -0.3 is 15.4 Å². The molecule has 0 aliphatic rings. The van der Waals surface area contributed by atoms with Crippen molar-refractivity contribution in [1.82, 2.24) is 10.3 Å². The second-order valence-corrected chi connectivity index (χ2v) is 5.91. The average Bonchev–Trinajstić information content (AvgIpc) is 2.64. The van der Waals surface area contributed by atoms with Crippen molar-refractivity contribution in [3.63, 3.8) is 0 Å². The van der Waals surface area contributed by atoms with Gasteiger partial charge in [0.2, 0.25) is 0 Å². The van der Waals surface area contributed by atoms with E-state index in [2.05, 4.69) is 37.1 Å². The third kappa shape index (κ3) is 2.92. The fourth-order valence-electron chi connectivity index (χ4n) is 2.12. The van der Waals surface area contributed by atoms with Crippen LogP contribution in [0.4, 0.5) is 0 Å². The molecule has 2 rings (SSSR count). The summed E-state index contributed by atoms with van der Waals surface area (Å²) in [7, 11) is 0. The number of aliphatic hydroxyl groups is 1. The smallest absolute Gasteiger partial charge is 0.0921 e. The summed E-state index contributed by atoms with van der Waals surface area (Å²) in [6, 6.07) is 8.10. The third-order valence-corrected chi connectivity index (χ3v) is 3.02. The Labute approximate surface area is 108 Å². The summed E-state index contributed by atoms with van der Waals surface area (Å²) >= 11 is 0. The van der Waals surface area contributed by atoms with Crippen LogP contribution < -0.4 is 5.32 Å². The Bertz CT molecular complexity index is 537. The Balaban J connectivity index is 2.24. The summed E-state index contributed by atoms with van der Waals surface area (Å²) in [5.74, 6) is 0. The van der Waals surface area contributed by atoms with Crippen molar-refractivity contribution >= 4 is 10.9 Å². The van der Waals surface area contributed by atoms with Crippen molar-refractivity contribution in [2.75, 3.05) is 6.54 Å². The van der Waals surface area contributed by atoms with Crippen LogP contribution in [0.2, 0.25) is 0 Å². The van der Waals surface area contributed by atoms with Crippen LogP contribution in [-0.2, 0) is 0 Å². The summed E-state index contributed by atoms with van der Waals surface area (Å²) in [4.78, 5) is 3.29. The number of hydrogen-bond donors (Lipinski definition) is 3. The largest absolute Gasteiger partial charge is 0.387 e. The van der Waals surface area contributed by atoms with Gasteiger partial charge in [0.05, 0.1) is 6.10 Å². The highest BCUT2D eigenvalue weighted by Crippen LogP contribution is 2.25. The zero-order valence-corrected chi connectivity index (χ0v) is 11.5. The summed E-state index contributed by atoms with van der Waals surface area (Å²) in [6.07, 6.45) is -0.483. The van der Waals surface area contributed by atoms with Gasteiger partial charge in [0.1, 0.15) is 0 Å². The molecule has 18 heavy (non-hydrogen) atoms. The van der Waals surface area contributed by atoms with Crippen LogP contribution in [0.3, 0.4) is 0 Å². The molecule has 0 spiro atoms. The monoisotopic (exact) mass is 246 g/mol.